The Bertz CT molecular complexity index is 2170. The van der Waals surface area contributed by atoms with E-state index in [1.165, 1.54) is 19.1 Å². The van der Waals surface area contributed by atoms with Gasteiger partial charge in [0, 0.05) is 71.8 Å². The van der Waals surface area contributed by atoms with Crippen LogP contribution in [0.15, 0.2) is 47.6 Å². The fourth-order valence-electron chi connectivity index (χ4n) is 11.7. The van der Waals surface area contributed by atoms with Crippen LogP contribution in [0.1, 0.15) is 126 Å². The molecule has 448 valence electrons. The average Bonchev–Trinajstić information content (AvgIpc) is 3.42. The number of ketones is 3. The number of cyclic esters (lactones) is 1. The number of allylic oxidation sites excluding steroid dienone is 6. The zero-order valence-electron chi connectivity index (χ0n) is 49.4. The molecule has 1 unspecified atom stereocenters. The van der Waals surface area contributed by atoms with Crippen LogP contribution >= 0.6 is 7.37 Å². The molecule has 4 heterocycles. The van der Waals surface area contributed by atoms with Gasteiger partial charge < -0.3 is 57.2 Å². The predicted molar refractivity (Wildman–Crippen MR) is 299 cm³/mol. The first-order chi connectivity index (χ1) is 37.5. The smallest absolute Gasteiger partial charge is 0.329 e. The van der Waals surface area contributed by atoms with Crippen LogP contribution in [0, 0.1) is 35.5 Å². The first kappa shape index (κ1) is 66.5. The summed E-state index contributed by atoms with van der Waals surface area (Å²) in [5.41, 5.74) is 1.48. The van der Waals surface area contributed by atoms with E-state index in [-0.39, 0.29) is 80.0 Å². The van der Waals surface area contributed by atoms with Gasteiger partial charge in [0.15, 0.2) is 13.2 Å². The van der Waals surface area contributed by atoms with Gasteiger partial charge in [0.25, 0.3) is 11.7 Å². The quantitative estimate of drug-likeness (QED) is 0.0506. The van der Waals surface area contributed by atoms with Crippen LogP contribution in [0.2, 0.25) is 0 Å². The highest BCUT2D eigenvalue weighted by Crippen LogP contribution is 2.45. The van der Waals surface area contributed by atoms with E-state index in [1.54, 1.807) is 47.3 Å². The minimum absolute atomic E-state index is 0.0216. The number of ether oxygens (including phenoxy) is 9. The highest BCUT2D eigenvalue weighted by atomic mass is 31.2. The van der Waals surface area contributed by atoms with Crippen LogP contribution in [0.25, 0.3) is 0 Å². The fraction of sp³-hybridized carbons (Fsp3) is 0.783. The molecule has 19 heteroatoms. The maximum Gasteiger partial charge on any atom is 0.329 e. The molecule has 2 bridgehead atoms. The zero-order chi connectivity index (χ0) is 58.0. The number of hydrogen-bond acceptors (Lipinski definition) is 17. The number of aliphatic hydroxyl groups is 1. The van der Waals surface area contributed by atoms with Crippen molar-refractivity contribution in [3.63, 3.8) is 0 Å². The number of piperidine rings is 1. The molecule has 18 nitrogen and oxygen atoms in total. The van der Waals surface area contributed by atoms with Gasteiger partial charge in [-0.2, -0.15) is 0 Å². The van der Waals surface area contributed by atoms with Crippen molar-refractivity contribution >= 4 is 36.6 Å². The van der Waals surface area contributed by atoms with Gasteiger partial charge in [-0.1, -0.05) is 71.1 Å². The summed E-state index contributed by atoms with van der Waals surface area (Å²) in [7, 11) is 1.79. The molecular formula is C60H96NO17P. The second kappa shape index (κ2) is 32.0. The Labute approximate surface area is 470 Å². The molecule has 4 aliphatic heterocycles. The summed E-state index contributed by atoms with van der Waals surface area (Å²) < 4.78 is 72.1. The maximum atomic E-state index is 14.7. The first-order valence-corrected chi connectivity index (χ1v) is 31.4. The van der Waals surface area contributed by atoms with Crippen molar-refractivity contribution in [3.05, 3.63) is 47.6 Å². The molecule has 4 fully saturated rings. The summed E-state index contributed by atoms with van der Waals surface area (Å²) in [6.07, 6.45) is 12.3. The Hall–Kier alpha value is -3.26. The normalized spacial score (nSPS) is 34.6. The lowest BCUT2D eigenvalue weighted by molar-refractivity contribution is -0.266. The van der Waals surface area contributed by atoms with Gasteiger partial charge in [0.05, 0.1) is 64.1 Å². The van der Waals surface area contributed by atoms with Crippen molar-refractivity contribution in [2.24, 2.45) is 35.5 Å². The minimum Gasteiger partial charge on any atom is -0.460 e. The van der Waals surface area contributed by atoms with Crippen molar-refractivity contribution in [3.8, 4) is 0 Å². The number of rotatable bonds is 16. The zero-order valence-corrected chi connectivity index (χ0v) is 50.3. The van der Waals surface area contributed by atoms with E-state index in [1.807, 2.05) is 58.1 Å². The molecule has 1 aliphatic carbocycles. The van der Waals surface area contributed by atoms with E-state index in [0.717, 1.165) is 12.0 Å². The van der Waals surface area contributed by atoms with E-state index >= 15 is 0 Å². The SMILES string of the molecule is CO[C@@H]1C(C)=C[C@@H](C)C(=O)C[C@@H]([C@H](C)C[C@@H]2CC[C@@H](OP(C)(C)=O)[C@H](OC)C2)OC(=O)[C@@H]2CCCCN2C(=O)C(=O)[C@]2(O)O[C@H](CC[C@H]2C)CC(OCCOCCOC2COC2)C(C)=CC=CC=C[C@@H](C)C[C@@H](C)C(=O)[C@@H]1OC. The second-order valence-corrected chi connectivity index (χ2v) is 26.1. The molecule has 1 amide bonds. The maximum absolute atomic E-state index is 14.7. The van der Waals surface area contributed by atoms with Gasteiger partial charge >= 0.3 is 5.97 Å². The number of nitrogens with zero attached hydrogens (tertiary/aromatic N) is 1. The lowest BCUT2D eigenvalue weighted by Crippen LogP contribution is -2.61. The van der Waals surface area contributed by atoms with E-state index in [0.29, 0.717) is 90.0 Å². The number of carbonyl (C=O) groups is 5. The van der Waals surface area contributed by atoms with Gasteiger partial charge in [0.2, 0.25) is 5.79 Å². The number of carbonyl (C=O) groups excluding carboxylic acids is 5. The summed E-state index contributed by atoms with van der Waals surface area (Å²) >= 11 is 0. The number of hydrogen-bond donors (Lipinski definition) is 1. The molecule has 0 spiro atoms. The standard InChI is InChI=1S/C60H96NO17P/c1-38-18-14-13-15-19-39(2)51(75-29-27-72-26-28-74-47-36-73-37-47)34-46-23-21-44(7)60(67,77-46)57(64)58(65)61-25-17-16-20-48(61)59(66)76-52(41(4)32-45-22-24-50(53(33-45)69-8)78-79(11,12)68)35-49(62)40(3)31-43(6)55(70-9)56(71-10)54(63)42(5)30-38/h13-15,18-19,31,38,40-42,44-48,50-53,55-56,67H,16-17,20-30,32-37H2,1-12H3/t38-,40-,41-,42-,44-,45+,46-,48+,50-,51?,52+,53-,55-,56+,60-/m1/s1. The minimum atomic E-state index is -2.80. The van der Waals surface area contributed by atoms with Crippen molar-refractivity contribution in [2.75, 3.05) is 80.8 Å². The molecule has 1 N–H and O–H groups in total. The summed E-state index contributed by atoms with van der Waals surface area (Å²) in [6, 6.07) is -1.17. The fourth-order valence-corrected chi connectivity index (χ4v) is 12.6. The molecule has 1 saturated carbocycles. The molecule has 0 radical (unpaired) electrons. The topological polar surface area (TPSA) is 218 Å². The lowest BCUT2D eigenvalue weighted by atomic mass is 9.78. The monoisotopic (exact) mass is 1130 g/mol. The summed E-state index contributed by atoms with van der Waals surface area (Å²) in [5.74, 6) is -7.86. The van der Waals surface area contributed by atoms with Crippen LogP contribution in [-0.2, 0) is 75.7 Å². The van der Waals surface area contributed by atoms with E-state index in [9.17, 15) is 33.6 Å². The highest BCUT2D eigenvalue weighted by molar-refractivity contribution is 7.57. The van der Waals surface area contributed by atoms with Gasteiger partial charge in [-0.15, -0.1) is 0 Å². The molecule has 0 aromatic carbocycles. The molecule has 3 saturated heterocycles. The van der Waals surface area contributed by atoms with Gasteiger partial charge in [0.1, 0.15) is 36.2 Å². The van der Waals surface area contributed by atoms with Crippen molar-refractivity contribution in [1.29, 1.82) is 0 Å². The third-order valence-corrected chi connectivity index (χ3v) is 17.3. The third-order valence-electron chi connectivity index (χ3n) is 16.5. The Balaban J connectivity index is 1.45. The van der Waals surface area contributed by atoms with Crippen LogP contribution in [-0.4, -0.2) is 181 Å². The van der Waals surface area contributed by atoms with Crippen LogP contribution in [0.3, 0.4) is 0 Å². The van der Waals surface area contributed by atoms with Crippen LogP contribution in [0.4, 0.5) is 0 Å². The Morgan fingerprint density at radius 2 is 1.51 bits per heavy atom. The van der Waals surface area contributed by atoms with Crippen molar-refractivity contribution < 1.29 is 80.8 Å². The van der Waals surface area contributed by atoms with E-state index in [4.69, 9.17) is 47.2 Å². The first-order valence-electron chi connectivity index (χ1n) is 28.9. The van der Waals surface area contributed by atoms with Crippen molar-refractivity contribution in [1.82, 2.24) is 4.90 Å². The second-order valence-electron chi connectivity index (χ2n) is 23.4. The van der Waals surface area contributed by atoms with Gasteiger partial charge in [-0.25, -0.2) is 4.79 Å². The van der Waals surface area contributed by atoms with Gasteiger partial charge in [-0.3, -0.25) is 23.7 Å². The summed E-state index contributed by atoms with van der Waals surface area (Å²) in [6.45, 7) is 18.8. The molecule has 5 rings (SSSR count). The molecule has 0 aromatic heterocycles. The molecule has 79 heavy (non-hydrogen) atoms. The van der Waals surface area contributed by atoms with Crippen LogP contribution < -0.4 is 0 Å². The molecule has 0 aromatic rings. The molecular weight excluding hydrogens is 1040 g/mol. The predicted octanol–water partition coefficient (Wildman–Crippen LogP) is 8.20. The van der Waals surface area contributed by atoms with Crippen LogP contribution in [0.5, 0.6) is 0 Å². The largest absolute Gasteiger partial charge is 0.460 e. The number of fused-ring (bicyclic) bond motifs is 3. The number of amides is 1. The molecule has 15 atom stereocenters. The Kier molecular flexibility index (Phi) is 26.9. The van der Waals surface area contributed by atoms with Gasteiger partial charge in [-0.05, 0) is 107 Å². The Morgan fingerprint density at radius 3 is 2.16 bits per heavy atom. The lowest BCUT2D eigenvalue weighted by Gasteiger charge is -2.43. The number of methoxy groups -OCH3 is 3. The highest BCUT2D eigenvalue weighted by Gasteiger charge is 2.53. The summed E-state index contributed by atoms with van der Waals surface area (Å²) in [5, 5.41) is 12.3. The molecule has 5 aliphatic rings. The Morgan fingerprint density at radius 1 is 0.797 bits per heavy atom. The summed E-state index contributed by atoms with van der Waals surface area (Å²) in [4.78, 5) is 73.6. The number of esters is 1. The average molecular weight is 1130 g/mol. The van der Waals surface area contributed by atoms with E-state index in [2.05, 4.69) is 0 Å². The number of Topliss-reactive ketones (excluding diaryl/α,β-unsaturated/α-hetero) is 3. The van der Waals surface area contributed by atoms with E-state index < -0.39 is 85.1 Å². The van der Waals surface area contributed by atoms with Crippen molar-refractivity contribution in [2.45, 2.75) is 186 Å². The third kappa shape index (κ3) is 19.7.